The minimum absolute atomic E-state index is 0.0121. The highest BCUT2D eigenvalue weighted by Crippen LogP contribution is 2.35. The fourth-order valence-corrected chi connectivity index (χ4v) is 1.73. The smallest absolute Gasteiger partial charge is 0.195 e. The van der Waals surface area contributed by atoms with Gasteiger partial charge in [-0.3, -0.25) is 4.79 Å². The second kappa shape index (κ2) is 2.77. The molecule has 3 atom stereocenters. The van der Waals surface area contributed by atoms with Gasteiger partial charge < -0.3 is 14.2 Å². The van der Waals surface area contributed by atoms with Crippen molar-refractivity contribution in [1.29, 1.82) is 0 Å². The maximum absolute atomic E-state index is 11.6. The minimum Gasteiger partial charge on any atom is -0.338 e. The number of Topliss-reactive ketones (excluding diaryl/α,β-unsaturated/α-hetero) is 1. The molecule has 4 heteroatoms. The van der Waals surface area contributed by atoms with E-state index in [2.05, 4.69) is 0 Å². The van der Waals surface area contributed by atoms with Crippen molar-refractivity contribution in [1.82, 2.24) is 0 Å². The fourth-order valence-electron chi connectivity index (χ4n) is 1.73. The summed E-state index contributed by atoms with van der Waals surface area (Å²) >= 11 is 0. The predicted octanol–water partition coefficient (Wildman–Crippen LogP) is 0.842. The predicted molar refractivity (Wildman–Crippen MR) is 44.0 cm³/mol. The fraction of sp³-hybridized carbons (Fsp3) is 0.889. The summed E-state index contributed by atoms with van der Waals surface area (Å²) in [6.45, 7) is 5.47. The molecule has 0 aromatic carbocycles. The standard InChI is InChI=1S/C9H14O4/c1-4-5-6(10)7-8(11-5)13-9(2,3)12-7/h5,7-8H,4H2,1-3H3/t5-,7?,8+/m1/s1. The summed E-state index contributed by atoms with van der Waals surface area (Å²) < 4.78 is 16.2. The average molecular weight is 186 g/mol. The van der Waals surface area contributed by atoms with Crippen molar-refractivity contribution < 1.29 is 19.0 Å². The third-order valence-electron chi connectivity index (χ3n) is 2.32. The van der Waals surface area contributed by atoms with Gasteiger partial charge in [0, 0.05) is 0 Å². The Kier molecular flexibility index (Phi) is 1.94. The van der Waals surface area contributed by atoms with Gasteiger partial charge in [0.15, 0.2) is 24.0 Å². The lowest BCUT2D eigenvalue weighted by Crippen LogP contribution is -2.29. The molecule has 2 aliphatic rings. The highest BCUT2D eigenvalue weighted by Gasteiger charge is 2.53. The monoisotopic (exact) mass is 186 g/mol. The third-order valence-corrected chi connectivity index (χ3v) is 2.32. The number of carbonyl (C=O) groups excluding carboxylic acids is 1. The number of rotatable bonds is 1. The first kappa shape index (κ1) is 9.12. The van der Waals surface area contributed by atoms with Crippen LogP contribution in [0.1, 0.15) is 27.2 Å². The van der Waals surface area contributed by atoms with Crippen molar-refractivity contribution in [3.8, 4) is 0 Å². The summed E-state index contributed by atoms with van der Waals surface area (Å²) in [5.41, 5.74) is 0. The molecule has 2 aliphatic heterocycles. The number of carbonyl (C=O) groups is 1. The summed E-state index contributed by atoms with van der Waals surface area (Å²) in [6, 6.07) is 0. The Bertz CT molecular complexity index is 236. The van der Waals surface area contributed by atoms with Gasteiger partial charge in [0.1, 0.15) is 6.10 Å². The second-order valence-electron chi connectivity index (χ2n) is 3.86. The topological polar surface area (TPSA) is 44.8 Å². The lowest BCUT2D eigenvalue weighted by molar-refractivity contribution is -0.204. The largest absolute Gasteiger partial charge is 0.338 e. The van der Waals surface area contributed by atoms with Crippen LogP contribution in [0.15, 0.2) is 0 Å². The van der Waals surface area contributed by atoms with E-state index in [9.17, 15) is 4.79 Å². The molecular weight excluding hydrogens is 172 g/mol. The zero-order chi connectivity index (χ0) is 9.64. The molecule has 0 spiro atoms. The average Bonchev–Trinajstić information content (AvgIpc) is 2.47. The molecule has 4 nitrogen and oxygen atoms in total. The summed E-state index contributed by atoms with van der Waals surface area (Å²) in [5, 5.41) is 0. The molecule has 74 valence electrons. The molecule has 0 N–H and O–H groups in total. The van der Waals surface area contributed by atoms with Gasteiger partial charge in [-0.05, 0) is 20.3 Å². The van der Waals surface area contributed by atoms with E-state index >= 15 is 0 Å². The molecule has 0 aliphatic carbocycles. The molecule has 0 aromatic rings. The number of hydrogen-bond donors (Lipinski definition) is 0. The zero-order valence-corrected chi connectivity index (χ0v) is 8.07. The first-order valence-corrected chi connectivity index (χ1v) is 4.58. The van der Waals surface area contributed by atoms with E-state index < -0.39 is 18.2 Å². The second-order valence-corrected chi connectivity index (χ2v) is 3.86. The van der Waals surface area contributed by atoms with Crippen LogP contribution in [-0.4, -0.2) is 30.1 Å². The molecule has 0 radical (unpaired) electrons. The first-order valence-electron chi connectivity index (χ1n) is 4.58. The summed E-state index contributed by atoms with van der Waals surface area (Å²) in [6.07, 6.45) is -0.669. The van der Waals surface area contributed by atoms with Crippen molar-refractivity contribution in [3.05, 3.63) is 0 Å². The highest BCUT2D eigenvalue weighted by atomic mass is 16.8. The SMILES string of the molecule is CC[C@H]1O[C@H]2OC(C)(C)OC2C1=O. The van der Waals surface area contributed by atoms with Crippen LogP contribution in [0.3, 0.4) is 0 Å². The maximum atomic E-state index is 11.6. The minimum atomic E-state index is -0.691. The molecule has 2 saturated heterocycles. The third kappa shape index (κ3) is 1.39. The van der Waals surface area contributed by atoms with Gasteiger partial charge in [-0.15, -0.1) is 0 Å². The van der Waals surface area contributed by atoms with Crippen LogP contribution in [0.2, 0.25) is 0 Å². The molecular formula is C9H14O4. The van der Waals surface area contributed by atoms with Gasteiger partial charge in [-0.1, -0.05) is 6.92 Å². The Morgan fingerprint density at radius 1 is 1.38 bits per heavy atom. The Labute approximate surface area is 77.1 Å². The summed E-state index contributed by atoms with van der Waals surface area (Å²) in [5.74, 6) is -0.679. The molecule has 2 rings (SSSR count). The first-order chi connectivity index (χ1) is 6.03. The number of ether oxygens (including phenoxy) is 3. The van der Waals surface area contributed by atoms with Gasteiger partial charge >= 0.3 is 0 Å². The summed E-state index contributed by atoms with van der Waals surface area (Å²) in [4.78, 5) is 11.6. The highest BCUT2D eigenvalue weighted by molar-refractivity contribution is 5.89. The van der Waals surface area contributed by atoms with Crippen LogP contribution in [0.5, 0.6) is 0 Å². The number of ketones is 1. The molecule has 0 aromatic heterocycles. The summed E-state index contributed by atoms with van der Waals surface area (Å²) in [7, 11) is 0. The van der Waals surface area contributed by atoms with Crippen molar-refractivity contribution in [3.63, 3.8) is 0 Å². The Hall–Kier alpha value is -0.450. The molecule has 2 fully saturated rings. The van der Waals surface area contributed by atoms with Gasteiger partial charge in [-0.25, -0.2) is 0 Å². The van der Waals surface area contributed by atoms with E-state index in [4.69, 9.17) is 14.2 Å². The maximum Gasteiger partial charge on any atom is 0.195 e. The molecule has 1 unspecified atom stereocenters. The van der Waals surface area contributed by atoms with Gasteiger partial charge in [-0.2, -0.15) is 0 Å². The van der Waals surface area contributed by atoms with Crippen LogP contribution in [0.25, 0.3) is 0 Å². The molecule has 0 bridgehead atoms. The van der Waals surface area contributed by atoms with E-state index in [0.29, 0.717) is 6.42 Å². The van der Waals surface area contributed by atoms with Crippen LogP contribution in [0.4, 0.5) is 0 Å². The molecule has 2 heterocycles. The van der Waals surface area contributed by atoms with Gasteiger partial charge in [0.05, 0.1) is 0 Å². The van der Waals surface area contributed by atoms with Crippen molar-refractivity contribution in [2.24, 2.45) is 0 Å². The van der Waals surface area contributed by atoms with E-state index in [1.165, 1.54) is 0 Å². The molecule has 0 saturated carbocycles. The van der Waals surface area contributed by atoms with E-state index in [1.54, 1.807) is 13.8 Å². The van der Waals surface area contributed by atoms with E-state index in [1.807, 2.05) is 6.92 Å². The van der Waals surface area contributed by atoms with Crippen LogP contribution in [0, 0.1) is 0 Å². The molecule has 13 heavy (non-hydrogen) atoms. The van der Waals surface area contributed by atoms with Crippen molar-refractivity contribution >= 4 is 5.78 Å². The van der Waals surface area contributed by atoms with Gasteiger partial charge in [0.25, 0.3) is 0 Å². The Morgan fingerprint density at radius 3 is 2.62 bits per heavy atom. The van der Waals surface area contributed by atoms with E-state index in [-0.39, 0.29) is 11.9 Å². The number of hydrogen-bond acceptors (Lipinski definition) is 4. The lowest BCUT2D eigenvalue weighted by Gasteiger charge is -2.19. The van der Waals surface area contributed by atoms with Crippen LogP contribution < -0.4 is 0 Å². The normalized spacial score (nSPS) is 42.4. The molecule has 0 amide bonds. The zero-order valence-electron chi connectivity index (χ0n) is 8.07. The van der Waals surface area contributed by atoms with Crippen molar-refractivity contribution in [2.75, 3.05) is 0 Å². The van der Waals surface area contributed by atoms with Crippen LogP contribution >= 0.6 is 0 Å². The quantitative estimate of drug-likeness (QED) is 0.608. The Morgan fingerprint density at radius 2 is 2.08 bits per heavy atom. The number of fused-ring (bicyclic) bond motifs is 1. The van der Waals surface area contributed by atoms with Gasteiger partial charge in [0.2, 0.25) is 0 Å². The van der Waals surface area contributed by atoms with Crippen molar-refractivity contribution in [2.45, 2.75) is 51.5 Å². The van der Waals surface area contributed by atoms with Crippen LogP contribution in [-0.2, 0) is 19.0 Å². The lowest BCUT2D eigenvalue weighted by atomic mass is 10.1. The van der Waals surface area contributed by atoms with E-state index in [0.717, 1.165) is 0 Å². The Balaban J connectivity index is 2.11.